The van der Waals surface area contributed by atoms with Crippen LogP contribution in [0.1, 0.15) is 5.82 Å². The Morgan fingerprint density at radius 2 is 2.50 bits per heavy atom. The van der Waals surface area contributed by atoms with Crippen LogP contribution in [0.25, 0.3) is 10.6 Å². The first kappa shape index (κ1) is 9.89. The second-order valence-corrected chi connectivity index (χ2v) is 4.59. The molecule has 0 saturated carbocycles. The number of aromatic amines is 1. The van der Waals surface area contributed by atoms with Gasteiger partial charge in [-0.25, -0.2) is 4.98 Å². The summed E-state index contributed by atoms with van der Waals surface area (Å²) >= 11 is 5.16. The number of nitrogens with zero attached hydrogens (tertiary/aromatic N) is 1. The van der Waals surface area contributed by atoms with E-state index in [2.05, 4.69) is 37.3 Å². The van der Waals surface area contributed by atoms with Crippen LogP contribution in [0, 0.1) is 0 Å². The average molecular weight is 272 g/mol. The highest BCUT2D eigenvalue weighted by Crippen LogP contribution is 2.29. The van der Waals surface area contributed by atoms with Crippen molar-refractivity contribution in [3.63, 3.8) is 0 Å². The Hall–Kier alpha value is -0.650. The van der Waals surface area contributed by atoms with Crippen molar-refractivity contribution in [1.29, 1.82) is 0 Å². The van der Waals surface area contributed by atoms with Crippen LogP contribution >= 0.6 is 27.3 Å². The standard InChI is InChI=1S/C9H10BrN3S/c1-11-5-7-12-8(9(10)13-7)6-3-2-4-14-6/h2-4,11H,5H2,1H3,(H,12,13). The highest BCUT2D eigenvalue weighted by molar-refractivity contribution is 9.10. The summed E-state index contributed by atoms with van der Waals surface area (Å²) in [5.74, 6) is 0.947. The van der Waals surface area contributed by atoms with Crippen molar-refractivity contribution in [2.24, 2.45) is 0 Å². The average Bonchev–Trinajstić information content (AvgIpc) is 2.74. The molecule has 0 amide bonds. The lowest BCUT2D eigenvalue weighted by atomic mass is 10.4. The summed E-state index contributed by atoms with van der Waals surface area (Å²) in [6.45, 7) is 0.754. The molecule has 0 atom stereocenters. The third-order valence-corrected chi connectivity index (χ3v) is 3.26. The van der Waals surface area contributed by atoms with Gasteiger partial charge in [-0.05, 0) is 34.4 Å². The first-order valence-corrected chi connectivity index (χ1v) is 5.91. The molecule has 2 aromatic heterocycles. The lowest BCUT2D eigenvalue weighted by molar-refractivity contribution is 0.771. The molecule has 5 heteroatoms. The lowest BCUT2D eigenvalue weighted by Gasteiger charge is -1.91. The van der Waals surface area contributed by atoms with Gasteiger partial charge < -0.3 is 10.3 Å². The molecule has 3 nitrogen and oxygen atoms in total. The zero-order valence-electron chi connectivity index (χ0n) is 7.67. The van der Waals surface area contributed by atoms with Gasteiger partial charge in [0.15, 0.2) is 0 Å². The summed E-state index contributed by atoms with van der Waals surface area (Å²) in [6, 6.07) is 4.09. The van der Waals surface area contributed by atoms with Gasteiger partial charge in [-0.15, -0.1) is 11.3 Å². The summed E-state index contributed by atoms with van der Waals surface area (Å²) in [5, 5.41) is 5.11. The van der Waals surface area contributed by atoms with Gasteiger partial charge in [0.25, 0.3) is 0 Å². The van der Waals surface area contributed by atoms with E-state index in [-0.39, 0.29) is 0 Å². The fourth-order valence-corrected chi connectivity index (χ4v) is 2.61. The summed E-state index contributed by atoms with van der Waals surface area (Å²) < 4.78 is 0.949. The van der Waals surface area contributed by atoms with E-state index in [9.17, 15) is 0 Å². The lowest BCUT2D eigenvalue weighted by Crippen LogP contribution is -2.06. The molecular formula is C9H10BrN3S. The van der Waals surface area contributed by atoms with E-state index in [1.807, 2.05) is 18.5 Å². The van der Waals surface area contributed by atoms with Crippen molar-refractivity contribution in [2.45, 2.75) is 6.54 Å². The number of aromatic nitrogens is 2. The normalized spacial score (nSPS) is 10.7. The zero-order valence-corrected chi connectivity index (χ0v) is 10.1. The van der Waals surface area contributed by atoms with Crippen LogP contribution in [-0.2, 0) is 6.54 Å². The quantitative estimate of drug-likeness (QED) is 0.901. The van der Waals surface area contributed by atoms with Crippen molar-refractivity contribution in [3.05, 3.63) is 27.9 Å². The van der Waals surface area contributed by atoms with E-state index in [1.165, 1.54) is 4.88 Å². The van der Waals surface area contributed by atoms with E-state index in [0.717, 1.165) is 22.7 Å². The number of nitrogens with one attached hydrogen (secondary N) is 2. The van der Waals surface area contributed by atoms with Crippen molar-refractivity contribution >= 4 is 27.3 Å². The van der Waals surface area contributed by atoms with Gasteiger partial charge in [0.2, 0.25) is 0 Å². The minimum absolute atomic E-state index is 0.754. The van der Waals surface area contributed by atoms with Crippen LogP contribution in [-0.4, -0.2) is 17.0 Å². The molecule has 0 unspecified atom stereocenters. The Morgan fingerprint density at radius 1 is 1.64 bits per heavy atom. The molecule has 2 rings (SSSR count). The molecule has 0 aliphatic heterocycles. The van der Waals surface area contributed by atoms with Gasteiger partial charge >= 0.3 is 0 Å². The third-order valence-electron chi connectivity index (χ3n) is 1.81. The van der Waals surface area contributed by atoms with E-state index in [1.54, 1.807) is 11.3 Å². The monoisotopic (exact) mass is 271 g/mol. The Kier molecular flexibility index (Phi) is 3.00. The number of H-pyrrole nitrogens is 1. The Morgan fingerprint density at radius 3 is 3.14 bits per heavy atom. The molecule has 0 aliphatic rings. The molecule has 2 N–H and O–H groups in total. The minimum Gasteiger partial charge on any atom is -0.335 e. The highest BCUT2D eigenvalue weighted by atomic mass is 79.9. The van der Waals surface area contributed by atoms with E-state index >= 15 is 0 Å². The number of imidazole rings is 1. The summed E-state index contributed by atoms with van der Waals surface area (Å²) in [4.78, 5) is 8.85. The number of hydrogen-bond donors (Lipinski definition) is 2. The SMILES string of the molecule is CNCc1nc(-c2cccs2)c(Br)[nH]1. The predicted molar refractivity (Wildman–Crippen MR) is 62.4 cm³/mol. The van der Waals surface area contributed by atoms with Crippen molar-refractivity contribution < 1.29 is 0 Å². The first-order chi connectivity index (χ1) is 6.81. The number of rotatable bonds is 3. The van der Waals surface area contributed by atoms with Crippen LogP contribution in [0.5, 0.6) is 0 Å². The van der Waals surface area contributed by atoms with Crippen LogP contribution < -0.4 is 5.32 Å². The van der Waals surface area contributed by atoms with E-state index in [4.69, 9.17) is 0 Å². The fourth-order valence-electron chi connectivity index (χ4n) is 1.23. The summed E-state index contributed by atoms with van der Waals surface area (Å²) in [7, 11) is 1.90. The van der Waals surface area contributed by atoms with Gasteiger partial charge in [0.1, 0.15) is 16.1 Å². The number of thiophene rings is 1. The highest BCUT2D eigenvalue weighted by Gasteiger charge is 2.09. The summed E-state index contributed by atoms with van der Waals surface area (Å²) in [5.41, 5.74) is 0.991. The molecule has 0 radical (unpaired) electrons. The van der Waals surface area contributed by atoms with Crippen LogP contribution in [0.3, 0.4) is 0 Å². The number of hydrogen-bond acceptors (Lipinski definition) is 3. The predicted octanol–water partition coefficient (Wildman–Crippen LogP) is 2.62. The van der Waals surface area contributed by atoms with Crippen LogP contribution in [0.4, 0.5) is 0 Å². The van der Waals surface area contributed by atoms with E-state index < -0.39 is 0 Å². The first-order valence-electron chi connectivity index (χ1n) is 4.24. The molecule has 2 aromatic rings. The largest absolute Gasteiger partial charge is 0.335 e. The Balaban J connectivity index is 2.35. The molecule has 2 heterocycles. The molecule has 14 heavy (non-hydrogen) atoms. The topological polar surface area (TPSA) is 40.7 Å². The molecule has 0 bridgehead atoms. The molecular weight excluding hydrogens is 262 g/mol. The van der Waals surface area contributed by atoms with Crippen molar-refractivity contribution in [2.75, 3.05) is 7.05 Å². The molecule has 0 aromatic carbocycles. The van der Waals surface area contributed by atoms with Gasteiger partial charge in [-0.2, -0.15) is 0 Å². The van der Waals surface area contributed by atoms with Crippen molar-refractivity contribution in [3.8, 4) is 10.6 Å². The number of halogens is 1. The smallest absolute Gasteiger partial charge is 0.121 e. The summed E-state index contributed by atoms with van der Waals surface area (Å²) in [6.07, 6.45) is 0. The van der Waals surface area contributed by atoms with Crippen molar-refractivity contribution in [1.82, 2.24) is 15.3 Å². The third kappa shape index (κ3) is 1.89. The maximum Gasteiger partial charge on any atom is 0.121 e. The molecule has 0 saturated heterocycles. The second kappa shape index (κ2) is 4.25. The van der Waals surface area contributed by atoms with E-state index in [0.29, 0.717) is 0 Å². The Bertz CT molecular complexity index is 408. The maximum absolute atomic E-state index is 4.49. The van der Waals surface area contributed by atoms with Gasteiger partial charge in [-0.3, -0.25) is 0 Å². The molecule has 0 spiro atoms. The van der Waals surface area contributed by atoms with Crippen LogP contribution in [0.15, 0.2) is 22.1 Å². The second-order valence-electron chi connectivity index (χ2n) is 2.85. The minimum atomic E-state index is 0.754. The zero-order chi connectivity index (χ0) is 9.97. The molecule has 0 fully saturated rings. The fraction of sp³-hybridized carbons (Fsp3) is 0.222. The molecule has 74 valence electrons. The maximum atomic E-state index is 4.49. The van der Waals surface area contributed by atoms with Gasteiger partial charge in [0.05, 0.1) is 11.4 Å². The Labute approximate surface area is 94.7 Å². The van der Waals surface area contributed by atoms with Crippen LogP contribution in [0.2, 0.25) is 0 Å². The molecule has 0 aliphatic carbocycles. The van der Waals surface area contributed by atoms with Gasteiger partial charge in [0, 0.05) is 0 Å². The van der Waals surface area contributed by atoms with Gasteiger partial charge in [-0.1, -0.05) is 6.07 Å².